The van der Waals surface area contributed by atoms with Gasteiger partial charge in [-0.25, -0.2) is 4.79 Å². The zero-order valence-electron chi connectivity index (χ0n) is 10.2. The van der Waals surface area contributed by atoms with Crippen molar-refractivity contribution in [1.29, 1.82) is 0 Å². The molecule has 0 amide bonds. The average molecular weight is 235 g/mol. The first kappa shape index (κ1) is 13.3. The minimum absolute atomic E-state index is 0.0533. The first-order valence-corrected chi connectivity index (χ1v) is 7.67. The third-order valence-corrected chi connectivity index (χ3v) is 5.26. The van der Waals surface area contributed by atoms with Crippen LogP contribution in [0.2, 0.25) is 0 Å². The number of carbonyl (C=O) groups is 1. The normalized spacial score (nSPS) is 14.5. The highest BCUT2D eigenvalue weighted by Gasteiger charge is 2.34. The summed E-state index contributed by atoms with van der Waals surface area (Å²) in [5, 5.41) is 9.95. The van der Waals surface area contributed by atoms with Gasteiger partial charge in [-0.1, -0.05) is 17.7 Å². The molecule has 0 aromatic heterocycles. The molecule has 0 aliphatic rings. The van der Waals surface area contributed by atoms with E-state index in [4.69, 9.17) is 12.7 Å². The first-order chi connectivity index (χ1) is 7.24. The molecule has 0 aliphatic heterocycles. The Morgan fingerprint density at radius 2 is 1.75 bits per heavy atom. The van der Waals surface area contributed by atoms with Crippen molar-refractivity contribution in [3.05, 3.63) is 28.8 Å². The van der Waals surface area contributed by atoms with Gasteiger partial charge in [0.15, 0.2) is 0 Å². The topological polar surface area (TPSA) is 37.3 Å². The number of hydrogen-bond donors (Lipinski definition) is 1. The fraction of sp³-hybridized carbons (Fsp3) is 0.417. The second kappa shape index (κ2) is 4.59. The van der Waals surface area contributed by atoms with Crippen molar-refractivity contribution in [2.24, 2.45) is 0 Å². The smallest absolute Gasteiger partial charge is 0.371 e. The van der Waals surface area contributed by atoms with Gasteiger partial charge in [-0.2, -0.15) is 0 Å². The van der Waals surface area contributed by atoms with E-state index in [1.54, 1.807) is 0 Å². The van der Waals surface area contributed by atoms with Gasteiger partial charge in [-0.15, -0.1) is 0 Å². The van der Waals surface area contributed by atoms with E-state index in [9.17, 15) is 4.79 Å². The molecule has 0 heterocycles. The average Bonchev–Trinajstić information content (AvgIpc) is 1.96. The molecule has 1 N–H and O–H groups in total. The Kier molecular flexibility index (Phi) is 3.80. The summed E-state index contributed by atoms with van der Waals surface area (Å²) in [7, 11) is 4.18. The van der Waals surface area contributed by atoms with Gasteiger partial charge in [0.25, 0.3) is 0 Å². The number of aryl methyl sites for hydroxylation is 3. The monoisotopic (exact) mass is 235 g/mol. The van der Waals surface area contributed by atoms with Crippen molar-refractivity contribution in [2.45, 2.75) is 20.8 Å². The molecule has 1 rings (SSSR count). The molecular weight excluding hydrogens is 218 g/mol. The van der Waals surface area contributed by atoms with Crippen molar-refractivity contribution in [1.82, 2.24) is 0 Å². The summed E-state index contributed by atoms with van der Waals surface area (Å²) in [6.45, 7) is 7.92. The Hall–Kier alpha value is -0.815. The SMILES string of the molecule is [B][P+](C)(CC(=O)O)c1c(C)cc(C)cc1C. The van der Waals surface area contributed by atoms with Crippen LogP contribution in [0.25, 0.3) is 0 Å². The molecule has 0 saturated heterocycles. The van der Waals surface area contributed by atoms with Gasteiger partial charge in [-0.05, 0) is 31.9 Å². The summed E-state index contributed by atoms with van der Waals surface area (Å²) in [6.07, 6.45) is 0.0533. The van der Waals surface area contributed by atoms with Gasteiger partial charge < -0.3 is 5.11 Å². The van der Waals surface area contributed by atoms with Crippen LogP contribution in [0.4, 0.5) is 0 Å². The maximum absolute atomic E-state index is 10.8. The highest BCUT2D eigenvalue weighted by Crippen LogP contribution is 2.49. The summed E-state index contributed by atoms with van der Waals surface area (Å²) < 4.78 is 0. The lowest BCUT2D eigenvalue weighted by Gasteiger charge is -2.21. The lowest BCUT2D eigenvalue weighted by molar-refractivity contribution is -0.134. The van der Waals surface area contributed by atoms with E-state index >= 15 is 0 Å². The lowest BCUT2D eigenvalue weighted by Crippen LogP contribution is -2.23. The molecule has 4 heteroatoms. The standard InChI is InChI=1S/C12H17BO2P/c1-8-5-9(2)12(10(3)6-8)16(4,13)7-11(14)15/h5-6H,7H2,1-4H3,(H,14,15)/q+1. The van der Waals surface area contributed by atoms with Gasteiger partial charge in [0, 0.05) is 13.8 Å². The fourth-order valence-electron chi connectivity index (χ4n) is 2.34. The Labute approximate surface area is 98.8 Å². The fourth-order valence-corrected chi connectivity index (χ4v) is 4.80. The van der Waals surface area contributed by atoms with Crippen molar-refractivity contribution < 1.29 is 9.90 Å². The first-order valence-electron chi connectivity index (χ1n) is 5.18. The second-order valence-electron chi connectivity index (χ2n) is 4.57. The largest absolute Gasteiger partial charge is 0.479 e. The molecule has 1 aromatic rings. The van der Waals surface area contributed by atoms with Crippen LogP contribution in [0.15, 0.2) is 12.1 Å². The number of benzene rings is 1. The molecule has 0 fully saturated rings. The molecule has 0 spiro atoms. The Balaban J connectivity index is 3.27. The summed E-state index contributed by atoms with van der Waals surface area (Å²) in [4.78, 5) is 10.8. The van der Waals surface area contributed by atoms with E-state index in [-0.39, 0.29) is 6.16 Å². The maximum atomic E-state index is 10.8. The number of aliphatic carboxylic acids is 1. The highest BCUT2D eigenvalue weighted by atomic mass is 31.2. The predicted molar refractivity (Wildman–Crippen MR) is 71.4 cm³/mol. The van der Waals surface area contributed by atoms with Gasteiger partial charge in [0.1, 0.15) is 6.16 Å². The molecule has 0 saturated carbocycles. The van der Waals surface area contributed by atoms with E-state index in [1.165, 1.54) is 5.56 Å². The zero-order chi connectivity index (χ0) is 12.5. The van der Waals surface area contributed by atoms with Crippen LogP contribution in [-0.4, -0.2) is 31.5 Å². The molecule has 1 unspecified atom stereocenters. The van der Waals surface area contributed by atoms with Crippen LogP contribution in [0.5, 0.6) is 0 Å². The third-order valence-electron chi connectivity index (χ3n) is 2.61. The number of carboxylic acids is 1. The van der Waals surface area contributed by atoms with Gasteiger partial charge in [-0.3, -0.25) is 0 Å². The van der Waals surface area contributed by atoms with E-state index in [1.807, 2.05) is 27.4 Å². The van der Waals surface area contributed by atoms with Crippen molar-refractivity contribution in [3.8, 4) is 0 Å². The molecule has 16 heavy (non-hydrogen) atoms. The van der Waals surface area contributed by atoms with E-state index in [0.717, 1.165) is 16.4 Å². The summed E-state index contributed by atoms with van der Waals surface area (Å²) >= 11 is 0. The summed E-state index contributed by atoms with van der Waals surface area (Å²) in [6, 6.07) is 4.13. The Morgan fingerprint density at radius 1 is 1.31 bits per heavy atom. The number of carboxylic acid groups (broad SMARTS) is 1. The molecule has 2 radical (unpaired) electrons. The molecule has 2 nitrogen and oxygen atoms in total. The van der Waals surface area contributed by atoms with Gasteiger partial charge in [0.05, 0.1) is 5.30 Å². The third kappa shape index (κ3) is 2.86. The van der Waals surface area contributed by atoms with E-state index in [2.05, 4.69) is 12.1 Å². The molecular formula is C12H17BO2P+. The summed E-state index contributed by atoms with van der Waals surface area (Å²) in [5.41, 5.74) is 3.41. The van der Waals surface area contributed by atoms with Crippen molar-refractivity contribution in [2.75, 3.05) is 12.8 Å². The molecule has 0 aliphatic carbocycles. The highest BCUT2D eigenvalue weighted by molar-refractivity contribution is 8.03. The number of hydrogen-bond acceptors (Lipinski definition) is 1. The predicted octanol–water partition coefficient (Wildman–Crippen LogP) is 2.05. The quantitative estimate of drug-likeness (QED) is 0.643. The van der Waals surface area contributed by atoms with E-state index in [0.29, 0.717) is 0 Å². The van der Waals surface area contributed by atoms with Crippen molar-refractivity contribution >= 4 is 26.0 Å². The van der Waals surface area contributed by atoms with Crippen LogP contribution < -0.4 is 5.30 Å². The minimum atomic E-state index is -2.05. The van der Waals surface area contributed by atoms with Crippen LogP contribution in [0.3, 0.4) is 0 Å². The molecule has 0 bridgehead atoms. The van der Waals surface area contributed by atoms with Crippen LogP contribution in [0.1, 0.15) is 16.7 Å². The Morgan fingerprint density at radius 3 is 2.12 bits per heavy atom. The van der Waals surface area contributed by atoms with Crippen LogP contribution >= 0.6 is 7.14 Å². The number of rotatable bonds is 3. The summed E-state index contributed by atoms with van der Waals surface area (Å²) in [5.74, 6) is -0.822. The Bertz CT molecular complexity index is 404. The minimum Gasteiger partial charge on any atom is -0.479 e. The van der Waals surface area contributed by atoms with Gasteiger partial charge in [0.2, 0.25) is 0 Å². The van der Waals surface area contributed by atoms with Crippen LogP contribution in [-0.2, 0) is 4.79 Å². The van der Waals surface area contributed by atoms with Gasteiger partial charge >= 0.3 is 13.5 Å². The molecule has 1 atom stereocenters. The van der Waals surface area contributed by atoms with Crippen molar-refractivity contribution in [3.63, 3.8) is 0 Å². The van der Waals surface area contributed by atoms with Crippen LogP contribution in [0, 0.1) is 20.8 Å². The second-order valence-corrected chi connectivity index (χ2v) is 7.87. The lowest BCUT2D eigenvalue weighted by atomic mass is 10.1. The van der Waals surface area contributed by atoms with E-state index < -0.39 is 13.1 Å². The molecule has 84 valence electrons. The maximum Gasteiger partial charge on any atom is 0.371 e. The zero-order valence-corrected chi connectivity index (χ0v) is 11.1. The molecule has 1 aromatic carbocycles.